The fourth-order valence-electron chi connectivity index (χ4n) is 1.53. The van der Waals surface area contributed by atoms with Crippen LogP contribution in [-0.2, 0) is 6.42 Å². The lowest BCUT2D eigenvalue weighted by Gasteiger charge is -1.88. The molecule has 3 aromatic rings. The Kier molecular flexibility index (Phi) is 2.84. The number of aromatic nitrogens is 3. The van der Waals surface area contributed by atoms with Gasteiger partial charge in [-0.3, -0.25) is 0 Å². The maximum absolute atomic E-state index is 5.51. The summed E-state index contributed by atoms with van der Waals surface area (Å²) in [6, 6.07) is 3.86. The molecular formula is C11H10N4S2. The van der Waals surface area contributed by atoms with Crippen LogP contribution in [0.4, 0.5) is 0 Å². The number of thiazole rings is 2. The molecule has 17 heavy (non-hydrogen) atoms. The molecular weight excluding hydrogens is 252 g/mol. The van der Waals surface area contributed by atoms with Gasteiger partial charge in [-0.1, -0.05) is 11.3 Å². The van der Waals surface area contributed by atoms with Crippen LogP contribution in [0.3, 0.4) is 0 Å². The van der Waals surface area contributed by atoms with Crippen molar-refractivity contribution in [3.05, 3.63) is 28.7 Å². The van der Waals surface area contributed by atoms with E-state index in [-0.39, 0.29) is 0 Å². The molecule has 3 heterocycles. The van der Waals surface area contributed by atoms with Crippen molar-refractivity contribution < 1.29 is 0 Å². The Morgan fingerprint density at radius 1 is 1.29 bits per heavy atom. The topological polar surface area (TPSA) is 64.7 Å². The molecule has 6 heteroatoms. The molecule has 3 aromatic heterocycles. The van der Waals surface area contributed by atoms with Gasteiger partial charge in [0.2, 0.25) is 0 Å². The standard InChI is InChI=1S/C11H10N4S2/c12-4-3-9-14-8(6-16-9)11-15-7-2-1-5-13-10(7)17-11/h1-2,5-6H,3-4,12H2. The van der Waals surface area contributed by atoms with E-state index in [9.17, 15) is 0 Å². The zero-order valence-electron chi connectivity index (χ0n) is 8.96. The molecule has 0 spiro atoms. The number of rotatable bonds is 3. The monoisotopic (exact) mass is 262 g/mol. The van der Waals surface area contributed by atoms with E-state index < -0.39 is 0 Å². The van der Waals surface area contributed by atoms with Crippen molar-refractivity contribution in [1.82, 2.24) is 15.0 Å². The molecule has 4 nitrogen and oxygen atoms in total. The maximum atomic E-state index is 5.51. The molecule has 0 fully saturated rings. The molecule has 0 radical (unpaired) electrons. The second-order valence-electron chi connectivity index (χ2n) is 3.51. The van der Waals surface area contributed by atoms with Gasteiger partial charge in [0, 0.05) is 18.0 Å². The van der Waals surface area contributed by atoms with Gasteiger partial charge in [-0.05, 0) is 18.7 Å². The molecule has 0 atom stereocenters. The number of fused-ring (bicyclic) bond motifs is 1. The van der Waals surface area contributed by atoms with E-state index in [0.717, 1.165) is 32.5 Å². The first-order valence-electron chi connectivity index (χ1n) is 5.23. The van der Waals surface area contributed by atoms with Gasteiger partial charge in [-0.25, -0.2) is 15.0 Å². The lowest BCUT2D eigenvalue weighted by atomic mass is 10.4. The van der Waals surface area contributed by atoms with E-state index in [2.05, 4.69) is 15.0 Å². The minimum absolute atomic E-state index is 0.633. The van der Waals surface area contributed by atoms with Crippen molar-refractivity contribution >= 4 is 33.0 Å². The van der Waals surface area contributed by atoms with Gasteiger partial charge in [-0.2, -0.15) is 0 Å². The summed E-state index contributed by atoms with van der Waals surface area (Å²) >= 11 is 3.21. The average molecular weight is 262 g/mol. The number of nitrogens with two attached hydrogens (primary N) is 1. The molecule has 86 valence electrons. The van der Waals surface area contributed by atoms with Crippen molar-refractivity contribution in [3.63, 3.8) is 0 Å². The number of nitrogens with zero attached hydrogens (tertiary/aromatic N) is 3. The molecule has 0 aliphatic heterocycles. The Morgan fingerprint density at radius 3 is 3.06 bits per heavy atom. The van der Waals surface area contributed by atoms with Gasteiger partial charge >= 0.3 is 0 Å². The van der Waals surface area contributed by atoms with Crippen molar-refractivity contribution in [1.29, 1.82) is 0 Å². The Labute approximate surface area is 106 Å². The summed E-state index contributed by atoms with van der Waals surface area (Å²) in [5.74, 6) is 0. The third kappa shape index (κ3) is 2.06. The number of pyridine rings is 1. The van der Waals surface area contributed by atoms with Gasteiger partial charge in [0.1, 0.15) is 21.0 Å². The van der Waals surface area contributed by atoms with Gasteiger partial charge < -0.3 is 5.73 Å². The molecule has 0 bridgehead atoms. The van der Waals surface area contributed by atoms with Crippen molar-refractivity contribution in [3.8, 4) is 10.7 Å². The summed E-state index contributed by atoms with van der Waals surface area (Å²) in [5.41, 5.74) is 7.38. The van der Waals surface area contributed by atoms with Crippen LogP contribution in [0.25, 0.3) is 21.0 Å². The van der Waals surface area contributed by atoms with Crippen LogP contribution in [-0.4, -0.2) is 21.5 Å². The quantitative estimate of drug-likeness (QED) is 0.786. The number of hydrogen-bond acceptors (Lipinski definition) is 6. The van der Waals surface area contributed by atoms with Crippen molar-refractivity contribution in [2.45, 2.75) is 6.42 Å². The third-order valence-corrected chi connectivity index (χ3v) is 4.21. The van der Waals surface area contributed by atoms with Crippen LogP contribution >= 0.6 is 22.7 Å². The van der Waals surface area contributed by atoms with Crippen molar-refractivity contribution in [2.24, 2.45) is 5.73 Å². The molecule has 0 aliphatic rings. The molecule has 0 saturated carbocycles. The lowest BCUT2D eigenvalue weighted by molar-refractivity contribution is 0.954. The molecule has 3 rings (SSSR count). The summed E-state index contributed by atoms with van der Waals surface area (Å²) in [4.78, 5) is 14.3. The van der Waals surface area contributed by atoms with E-state index in [1.807, 2.05) is 17.5 Å². The van der Waals surface area contributed by atoms with Crippen LogP contribution in [0.5, 0.6) is 0 Å². The third-order valence-electron chi connectivity index (χ3n) is 2.30. The first kappa shape index (κ1) is 10.8. The van der Waals surface area contributed by atoms with E-state index in [1.54, 1.807) is 28.9 Å². The van der Waals surface area contributed by atoms with Crippen LogP contribution in [0.1, 0.15) is 5.01 Å². The molecule has 0 aromatic carbocycles. The fourth-order valence-corrected chi connectivity index (χ4v) is 3.27. The zero-order valence-corrected chi connectivity index (χ0v) is 10.6. The summed E-state index contributed by atoms with van der Waals surface area (Å²) in [6.07, 6.45) is 2.61. The van der Waals surface area contributed by atoms with Gasteiger partial charge in [-0.15, -0.1) is 11.3 Å². The molecule has 0 amide bonds. The maximum Gasteiger partial charge on any atom is 0.145 e. The largest absolute Gasteiger partial charge is 0.330 e. The van der Waals surface area contributed by atoms with Crippen molar-refractivity contribution in [2.75, 3.05) is 6.54 Å². The Bertz CT molecular complexity index is 611. The number of hydrogen-bond donors (Lipinski definition) is 1. The molecule has 0 unspecified atom stereocenters. The smallest absolute Gasteiger partial charge is 0.145 e. The normalized spacial score (nSPS) is 11.1. The summed E-state index contributed by atoms with van der Waals surface area (Å²) in [5, 5.41) is 4.02. The van der Waals surface area contributed by atoms with Gasteiger partial charge in [0.25, 0.3) is 0 Å². The van der Waals surface area contributed by atoms with Crippen LogP contribution in [0.2, 0.25) is 0 Å². The summed E-state index contributed by atoms with van der Waals surface area (Å²) in [7, 11) is 0. The molecule has 0 aliphatic carbocycles. The van der Waals surface area contributed by atoms with E-state index in [0.29, 0.717) is 6.54 Å². The SMILES string of the molecule is NCCc1nc(-c2nc3cccnc3s2)cs1. The van der Waals surface area contributed by atoms with Crippen LogP contribution in [0, 0.1) is 0 Å². The zero-order chi connectivity index (χ0) is 11.7. The lowest BCUT2D eigenvalue weighted by Crippen LogP contribution is -2.01. The van der Waals surface area contributed by atoms with Gasteiger partial charge in [0.05, 0.1) is 5.01 Å². The van der Waals surface area contributed by atoms with E-state index >= 15 is 0 Å². The summed E-state index contributed by atoms with van der Waals surface area (Å²) < 4.78 is 0. The second kappa shape index (κ2) is 4.48. The highest BCUT2D eigenvalue weighted by Gasteiger charge is 2.10. The fraction of sp³-hybridized carbons (Fsp3) is 0.182. The Hall–Kier alpha value is -1.37. The minimum Gasteiger partial charge on any atom is -0.330 e. The summed E-state index contributed by atoms with van der Waals surface area (Å²) in [6.45, 7) is 0.633. The first-order chi connectivity index (χ1) is 8.36. The predicted molar refractivity (Wildman–Crippen MR) is 71.3 cm³/mol. The minimum atomic E-state index is 0.633. The van der Waals surface area contributed by atoms with Crippen LogP contribution in [0.15, 0.2) is 23.7 Å². The highest BCUT2D eigenvalue weighted by molar-refractivity contribution is 7.21. The second-order valence-corrected chi connectivity index (χ2v) is 5.43. The Balaban J connectivity index is 2.01. The molecule has 0 saturated heterocycles. The van der Waals surface area contributed by atoms with E-state index in [1.165, 1.54) is 0 Å². The highest BCUT2D eigenvalue weighted by Crippen LogP contribution is 2.29. The van der Waals surface area contributed by atoms with Crippen LogP contribution < -0.4 is 5.73 Å². The highest BCUT2D eigenvalue weighted by atomic mass is 32.1. The molecule has 2 N–H and O–H groups in total. The average Bonchev–Trinajstić information content (AvgIpc) is 2.94. The van der Waals surface area contributed by atoms with Gasteiger partial charge in [0.15, 0.2) is 0 Å². The van der Waals surface area contributed by atoms with E-state index in [4.69, 9.17) is 5.73 Å². The first-order valence-corrected chi connectivity index (χ1v) is 6.93. The predicted octanol–water partition coefficient (Wildman–Crippen LogP) is 2.32. The Morgan fingerprint density at radius 2 is 2.24 bits per heavy atom.